The van der Waals surface area contributed by atoms with Crippen molar-refractivity contribution in [3.63, 3.8) is 0 Å². The highest BCUT2D eigenvalue weighted by molar-refractivity contribution is 7.13. The molecular weight excluding hydrogens is 362 g/mol. The highest BCUT2D eigenvalue weighted by atomic mass is 32.1. The number of amides is 1. The molecule has 1 atom stereocenters. The smallest absolute Gasteiger partial charge is 0.257 e. The first-order valence-electron chi connectivity index (χ1n) is 8.96. The molecule has 0 unspecified atom stereocenters. The summed E-state index contributed by atoms with van der Waals surface area (Å²) in [6.07, 6.45) is 3.54. The maximum Gasteiger partial charge on any atom is 0.257 e. The van der Waals surface area contributed by atoms with E-state index in [1.807, 2.05) is 36.4 Å². The Labute approximate surface area is 160 Å². The number of aryl methyl sites for hydroxylation is 2. The Morgan fingerprint density at radius 1 is 1.41 bits per heavy atom. The average Bonchev–Trinajstić information content (AvgIpc) is 3.30. The SMILES string of the molecule is Cc1nn(C)cc1C(=O)N1CCC[C@@H](c2nc(-c3cccs3)cc(=O)[nH]2)C1. The quantitative estimate of drug-likeness (QED) is 0.753. The molecule has 1 N–H and O–H groups in total. The van der Waals surface area contributed by atoms with E-state index in [2.05, 4.69) is 15.1 Å². The summed E-state index contributed by atoms with van der Waals surface area (Å²) in [6.45, 7) is 3.10. The van der Waals surface area contributed by atoms with Crippen LogP contribution in [-0.2, 0) is 7.05 Å². The molecule has 0 saturated carbocycles. The number of likely N-dealkylation sites (tertiary alicyclic amines) is 1. The summed E-state index contributed by atoms with van der Waals surface area (Å²) in [6, 6.07) is 5.43. The van der Waals surface area contributed by atoms with Crippen LogP contribution >= 0.6 is 11.3 Å². The Hall–Kier alpha value is -2.74. The van der Waals surface area contributed by atoms with Crippen LogP contribution in [0.3, 0.4) is 0 Å². The zero-order chi connectivity index (χ0) is 19.0. The fourth-order valence-electron chi connectivity index (χ4n) is 3.59. The first kappa shape index (κ1) is 17.7. The minimum absolute atomic E-state index is 0.0120. The van der Waals surface area contributed by atoms with E-state index in [0.29, 0.717) is 30.2 Å². The molecule has 0 spiro atoms. The van der Waals surface area contributed by atoms with E-state index in [0.717, 1.165) is 23.4 Å². The lowest BCUT2D eigenvalue weighted by molar-refractivity contribution is 0.0703. The van der Waals surface area contributed by atoms with Gasteiger partial charge in [0.1, 0.15) is 5.82 Å². The minimum atomic E-state index is -0.157. The number of carbonyl (C=O) groups is 1. The Morgan fingerprint density at radius 3 is 2.96 bits per heavy atom. The normalized spacial score (nSPS) is 17.3. The predicted octanol–water partition coefficient (Wildman–Crippen LogP) is 2.56. The summed E-state index contributed by atoms with van der Waals surface area (Å²) in [7, 11) is 1.81. The molecule has 4 rings (SSSR count). The molecule has 1 aliphatic heterocycles. The maximum absolute atomic E-state index is 12.9. The molecule has 0 aliphatic carbocycles. The third-order valence-corrected chi connectivity index (χ3v) is 5.77. The summed E-state index contributed by atoms with van der Waals surface area (Å²) in [5.41, 5.74) is 1.90. The average molecular weight is 383 g/mol. The molecule has 140 valence electrons. The number of rotatable bonds is 3. The standard InChI is InChI=1S/C19H21N5O2S/c1-12-14(11-23(2)22-12)19(26)24-7-3-5-13(10-24)18-20-15(9-17(25)21-18)16-6-4-8-27-16/h4,6,8-9,11,13H,3,5,7,10H2,1-2H3,(H,20,21,25)/t13-/m1/s1. The predicted molar refractivity (Wildman–Crippen MR) is 104 cm³/mol. The Bertz CT molecular complexity index is 1020. The van der Waals surface area contributed by atoms with Gasteiger partial charge in [-0.15, -0.1) is 11.3 Å². The number of nitrogens with one attached hydrogen (secondary N) is 1. The number of carbonyl (C=O) groups excluding carboxylic acids is 1. The molecule has 0 aromatic carbocycles. The maximum atomic E-state index is 12.9. The van der Waals surface area contributed by atoms with E-state index >= 15 is 0 Å². The van der Waals surface area contributed by atoms with Crippen LogP contribution in [0.15, 0.2) is 34.6 Å². The van der Waals surface area contributed by atoms with Gasteiger partial charge in [0.05, 0.1) is 21.8 Å². The summed E-state index contributed by atoms with van der Waals surface area (Å²) >= 11 is 1.56. The highest BCUT2D eigenvalue weighted by Crippen LogP contribution is 2.28. The number of piperidine rings is 1. The van der Waals surface area contributed by atoms with Crippen molar-refractivity contribution in [2.24, 2.45) is 7.05 Å². The van der Waals surface area contributed by atoms with Crippen molar-refractivity contribution in [3.05, 3.63) is 57.2 Å². The topological polar surface area (TPSA) is 83.9 Å². The van der Waals surface area contributed by atoms with Gasteiger partial charge in [-0.2, -0.15) is 5.10 Å². The summed E-state index contributed by atoms with van der Waals surface area (Å²) in [5, 5.41) is 6.23. The van der Waals surface area contributed by atoms with Crippen molar-refractivity contribution in [2.75, 3.05) is 13.1 Å². The Balaban J connectivity index is 1.59. The molecule has 1 fully saturated rings. The highest BCUT2D eigenvalue weighted by Gasteiger charge is 2.28. The van der Waals surface area contributed by atoms with Crippen molar-refractivity contribution in [1.82, 2.24) is 24.6 Å². The largest absolute Gasteiger partial charge is 0.338 e. The van der Waals surface area contributed by atoms with Gasteiger partial charge >= 0.3 is 0 Å². The van der Waals surface area contributed by atoms with Crippen LogP contribution in [-0.4, -0.2) is 43.6 Å². The summed E-state index contributed by atoms with van der Waals surface area (Å²) in [4.78, 5) is 35.4. The van der Waals surface area contributed by atoms with Crippen LogP contribution in [0.4, 0.5) is 0 Å². The number of thiophene rings is 1. The molecule has 0 radical (unpaired) electrons. The fourth-order valence-corrected chi connectivity index (χ4v) is 4.27. The molecule has 1 aliphatic rings. The van der Waals surface area contributed by atoms with E-state index in [1.54, 1.807) is 22.2 Å². The first-order chi connectivity index (χ1) is 13.0. The lowest BCUT2D eigenvalue weighted by Crippen LogP contribution is -2.40. The second-order valence-corrected chi connectivity index (χ2v) is 7.83. The lowest BCUT2D eigenvalue weighted by Gasteiger charge is -2.32. The van der Waals surface area contributed by atoms with Crippen molar-refractivity contribution >= 4 is 17.2 Å². The van der Waals surface area contributed by atoms with Gasteiger partial charge in [-0.1, -0.05) is 6.07 Å². The fraction of sp³-hybridized carbons (Fsp3) is 0.368. The first-order valence-corrected chi connectivity index (χ1v) is 9.84. The molecule has 3 aromatic heterocycles. The van der Waals surface area contributed by atoms with Crippen LogP contribution in [0.1, 0.15) is 40.6 Å². The second kappa shape index (κ2) is 7.11. The Kier molecular flexibility index (Phi) is 4.65. The third-order valence-electron chi connectivity index (χ3n) is 4.87. The van der Waals surface area contributed by atoms with Crippen molar-refractivity contribution in [1.29, 1.82) is 0 Å². The minimum Gasteiger partial charge on any atom is -0.338 e. The molecule has 3 aromatic rings. The molecule has 4 heterocycles. The van der Waals surface area contributed by atoms with Crippen LogP contribution in [0, 0.1) is 6.92 Å². The van der Waals surface area contributed by atoms with Gasteiger partial charge in [-0.05, 0) is 31.2 Å². The number of hydrogen-bond donors (Lipinski definition) is 1. The zero-order valence-corrected chi connectivity index (χ0v) is 16.1. The number of nitrogens with zero attached hydrogens (tertiary/aromatic N) is 4. The summed E-state index contributed by atoms with van der Waals surface area (Å²) in [5.74, 6) is 0.667. The van der Waals surface area contributed by atoms with E-state index in [1.165, 1.54) is 6.07 Å². The monoisotopic (exact) mass is 383 g/mol. The van der Waals surface area contributed by atoms with Crippen LogP contribution in [0.25, 0.3) is 10.6 Å². The van der Waals surface area contributed by atoms with Crippen LogP contribution in [0.5, 0.6) is 0 Å². The van der Waals surface area contributed by atoms with Crippen molar-refractivity contribution < 1.29 is 4.79 Å². The molecular formula is C19H21N5O2S. The van der Waals surface area contributed by atoms with Crippen molar-refractivity contribution in [3.8, 4) is 10.6 Å². The number of H-pyrrole nitrogens is 1. The van der Waals surface area contributed by atoms with Gasteiger partial charge < -0.3 is 9.88 Å². The van der Waals surface area contributed by atoms with Gasteiger partial charge in [0.15, 0.2) is 0 Å². The number of hydrogen-bond acceptors (Lipinski definition) is 5. The van der Waals surface area contributed by atoms with Crippen LogP contribution in [0.2, 0.25) is 0 Å². The third kappa shape index (κ3) is 3.57. The summed E-state index contributed by atoms with van der Waals surface area (Å²) < 4.78 is 1.66. The molecule has 0 bridgehead atoms. The molecule has 8 heteroatoms. The van der Waals surface area contributed by atoms with E-state index in [4.69, 9.17) is 0 Å². The molecule has 1 amide bonds. The van der Waals surface area contributed by atoms with Crippen LogP contribution < -0.4 is 5.56 Å². The number of aromatic nitrogens is 4. The molecule has 7 nitrogen and oxygen atoms in total. The molecule has 1 saturated heterocycles. The van der Waals surface area contributed by atoms with Gasteiger partial charge in [0.2, 0.25) is 0 Å². The van der Waals surface area contributed by atoms with Gasteiger partial charge in [0.25, 0.3) is 11.5 Å². The van der Waals surface area contributed by atoms with Crippen molar-refractivity contribution in [2.45, 2.75) is 25.7 Å². The second-order valence-electron chi connectivity index (χ2n) is 6.89. The lowest BCUT2D eigenvalue weighted by atomic mass is 9.96. The van der Waals surface area contributed by atoms with E-state index < -0.39 is 0 Å². The Morgan fingerprint density at radius 2 is 2.26 bits per heavy atom. The van der Waals surface area contributed by atoms with Gasteiger partial charge in [-0.3, -0.25) is 14.3 Å². The van der Waals surface area contributed by atoms with E-state index in [-0.39, 0.29) is 17.4 Å². The van der Waals surface area contributed by atoms with Gasteiger partial charge in [0, 0.05) is 38.3 Å². The number of aromatic amines is 1. The van der Waals surface area contributed by atoms with E-state index in [9.17, 15) is 9.59 Å². The van der Waals surface area contributed by atoms with Gasteiger partial charge in [-0.25, -0.2) is 4.98 Å². The zero-order valence-electron chi connectivity index (χ0n) is 15.3. The molecule has 27 heavy (non-hydrogen) atoms.